The zero-order valence-electron chi connectivity index (χ0n) is 16.2. The van der Waals surface area contributed by atoms with Gasteiger partial charge in [-0.2, -0.15) is 0 Å². The van der Waals surface area contributed by atoms with Crippen molar-refractivity contribution >= 4 is 17.9 Å². The van der Waals surface area contributed by atoms with Gasteiger partial charge in [-0.3, -0.25) is 14.6 Å². The fraction of sp³-hybridized carbons (Fsp3) is 0.579. The van der Waals surface area contributed by atoms with E-state index in [2.05, 4.69) is 15.6 Å². The number of ether oxygens (including phenoxy) is 1. The maximum atomic E-state index is 12.3. The molecule has 0 aromatic carbocycles. The summed E-state index contributed by atoms with van der Waals surface area (Å²) in [5.41, 5.74) is 0.0214. The highest BCUT2D eigenvalue weighted by Gasteiger charge is 2.24. The Morgan fingerprint density at radius 1 is 1.19 bits per heavy atom. The Balaban J connectivity index is 1.67. The number of pyridine rings is 1. The van der Waals surface area contributed by atoms with Crippen molar-refractivity contribution in [2.45, 2.75) is 51.7 Å². The van der Waals surface area contributed by atoms with Gasteiger partial charge >= 0.3 is 6.09 Å². The summed E-state index contributed by atoms with van der Waals surface area (Å²) in [6.45, 7) is 6.78. The van der Waals surface area contributed by atoms with Gasteiger partial charge in [0.2, 0.25) is 5.91 Å². The molecule has 3 amide bonds. The van der Waals surface area contributed by atoms with Crippen molar-refractivity contribution in [2.75, 3.05) is 19.6 Å². The minimum atomic E-state index is -0.559. The predicted octanol–water partition coefficient (Wildman–Crippen LogP) is 1.72. The molecule has 2 N–H and O–H groups in total. The first kappa shape index (κ1) is 20.7. The van der Waals surface area contributed by atoms with Crippen molar-refractivity contribution < 1.29 is 19.1 Å². The molecule has 1 aromatic heterocycles. The van der Waals surface area contributed by atoms with E-state index in [-0.39, 0.29) is 30.8 Å². The molecule has 1 saturated heterocycles. The Morgan fingerprint density at radius 3 is 2.41 bits per heavy atom. The van der Waals surface area contributed by atoms with Gasteiger partial charge in [0.1, 0.15) is 5.60 Å². The summed E-state index contributed by atoms with van der Waals surface area (Å²) in [7, 11) is 0. The van der Waals surface area contributed by atoms with Crippen LogP contribution < -0.4 is 10.6 Å². The summed E-state index contributed by atoms with van der Waals surface area (Å²) < 4.78 is 5.13. The van der Waals surface area contributed by atoms with Crippen LogP contribution >= 0.6 is 0 Å². The van der Waals surface area contributed by atoms with Crippen LogP contribution in [0.25, 0.3) is 0 Å². The number of aromatic nitrogens is 1. The number of nitrogens with zero attached hydrogens (tertiary/aromatic N) is 2. The molecule has 0 saturated carbocycles. The lowest BCUT2D eigenvalue weighted by Gasteiger charge is -2.32. The summed E-state index contributed by atoms with van der Waals surface area (Å²) >= 11 is 0. The summed E-state index contributed by atoms with van der Waals surface area (Å²) in [6.07, 6.45) is 4.30. The Bertz CT molecular complexity index is 649. The van der Waals surface area contributed by atoms with Crippen molar-refractivity contribution in [2.24, 2.45) is 0 Å². The molecule has 2 heterocycles. The van der Waals surface area contributed by atoms with E-state index in [1.165, 1.54) is 0 Å². The standard InChI is InChI=1S/C19H28N4O4/c1-19(2,3)27-18(26)21-11-6-16(24)23-12-7-15(8-13-23)22-17(25)14-4-9-20-10-5-14/h4-5,9-10,15H,6-8,11-13H2,1-3H3,(H,21,26)(H,22,25). The van der Waals surface area contributed by atoms with E-state index in [9.17, 15) is 14.4 Å². The summed E-state index contributed by atoms with van der Waals surface area (Å²) in [4.78, 5) is 41.7. The topological polar surface area (TPSA) is 101 Å². The molecule has 0 bridgehead atoms. The highest BCUT2D eigenvalue weighted by Crippen LogP contribution is 2.12. The zero-order valence-corrected chi connectivity index (χ0v) is 16.2. The van der Waals surface area contributed by atoms with Gasteiger partial charge in [0.25, 0.3) is 5.91 Å². The maximum absolute atomic E-state index is 12.3. The molecule has 8 heteroatoms. The Labute approximate surface area is 159 Å². The van der Waals surface area contributed by atoms with Crippen LogP contribution in [0.5, 0.6) is 0 Å². The van der Waals surface area contributed by atoms with Gasteiger partial charge < -0.3 is 20.3 Å². The Kier molecular flexibility index (Phi) is 7.15. The van der Waals surface area contributed by atoms with E-state index in [0.29, 0.717) is 31.5 Å². The van der Waals surface area contributed by atoms with Crippen LogP contribution in [0, 0.1) is 0 Å². The first-order valence-corrected chi connectivity index (χ1v) is 9.20. The van der Waals surface area contributed by atoms with Crippen LogP contribution in [0.2, 0.25) is 0 Å². The molecule has 27 heavy (non-hydrogen) atoms. The van der Waals surface area contributed by atoms with Gasteiger partial charge in [-0.1, -0.05) is 0 Å². The lowest BCUT2D eigenvalue weighted by atomic mass is 10.0. The normalized spacial score (nSPS) is 15.1. The quantitative estimate of drug-likeness (QED) is 0.815. The fourth-order valence-corrected chi connectivity index (χ4v) is 2.79. The third kappa shape index (κ3) is 7.24. The summed E-state index contributed by atoms with van der Waals surface area (Å²) in [5, 5.41) is 5.59. The van der Waals surface area contributed by atoms with Gasteiger partial charge in [-0.15, -0.1) is 0 Å². The van der Waals surface area contributed by atoms with E-state index < -0.39 is 11.7 Å². The molecular weight excluding hydrogens is 348 g/mol. The Morgan fingerprint density at radius 2 is 1.81 bits per heavy atom. The number of piperidine rings is 1. The van der Waals surface area contributed by atoms with Crippen molar-refractivity contribution in [3.05, 3.63) is 30.1 Å². The number of rotatable bonds is 5. The third-order valence-corrected chi connectivity index (χ3v) is 4.13. The van der Waals surface area contributed by atoms with Crippen LogP contribution in [0.15, 0.2) is 24.5 Å². The highest BCUT2D eigenvalue weighted by molar-refractivity contribution is 5.94. The maximum Gasteiger partial charge on any atom is 0.407 e. The van der Waals surface area contributed by atoms with Gasteiger partial charge in [-0.25, -0.2) is 4.79 Å². The van der Waals surface area contributed by atoms with Crippen molar-refractivity contribution in [1.82, 2.24) is 20.5 Å². The first-order valence-electron chi connectivity index (χ1n) is 9.20. The molecule has 1 fully saturated rings. The van der Waals surface area contributed by atoms with Crippen LogP contribution in [-0.4, -0.2) is 59.1 Å². The van der Waals surface area contributed by atoms with Gasteiger partial charge in [-0.05, 0) is 45.7 Å². The number of nitrogens with one attached hydrogen (secondary N) is 2. The molecule has 0 atom stereocenters. The molecule has 8 nitrogen and oxygen atoms in total. The summed E-state index contributed by atoms with van der Waals surface area (Å²) in [6, 6.07) is 3.40. The van der Waals surface area contributed by atoms with Gasteiger partial charge in [0.15, 0.2) is 0 Å². The molecule has 2 rings (SSSR count). The number of hydrogen-bond donors (Lipinski definition) is 2. The van der Waals surface area contributed by atoms with Crippen LogP contribution in [0.3, 0.4) is 0 Å². The SMILES string of the molecule is CC(C)(C)OC(=O)NCCC(=O)N1CCC(NC(=O)c2ccncc2)CC1. The number of carbonyl (C=O) groups is 3. The van der Waals surface area contributed by atoms with Crippen LogP contribution in [0.1, 0.15) is 50.4 Å². The van der Waals surface area contributed by atoms with E-state index in [1.807, 2.05) is 0 Å². The zero-order chi connectivity index (χ0) is 19.9. The lowest BCUT2D eigenvalue weighted by Crippen LogP contribution is -2.47. The average molecular weight is 376 g/mol. The molecule has 1 aliphatic rings. The molecule has 1 aliphatic heterocycles. The molecule has 148 valence electrons. The van der Waals surface area contributed by atoms with Crippen molar-refractivity contribution in [3.8, 4) is 0 Å². The van der Waals surface area contributed by atoms with E-state index in [4.69, 9.17) is 4.74 Å². The van der Waals surface area contributed by atoms with Crippen LogP contribution in [0.4, 0.5) is 4.79 Å². The first-order chi connectivity index (χ1) is 12.7. The van der Waals surface area contributed by atoms with Crippen molar-refractivity contribution in [1.29, 1.82) is 0 Å². The van der Waals surface area contributed by atoms with Crippen LogP contribution in [-0.2, 0) is 9.53 Å². The van der Waals surface area contributed by atoms with Crippen molar-refractivity contribution in [3.63, 3.8) is 0 Å². The lowest BCUT2D eigenvalue weighted by molar-refractivity contribution is -0.132. The second-order valence-corrected chi connectivity index (χ2v) is 7.54. The molecule has 0 aliphatic carbocycles. The molecule has 0 spiro atoms. The molecular formula is C19H28N4O4. The number of carbonyl (C=O) groups excluding carboxylic acids is 3. The summed E-state index contributed by atoms with van der Waals surface area (Å²) in [5.74, 6) is -0.131. The minimum absolute atomic E-state index is 0.00929. The van der Waals surface area contributed by atoms with E-state index in [0.717, 1.165) is 0 Å². The van der Waals surface area contributed by atoms with E-state index >= 15 is 0 Å². The predicted molar refractivity (Wildman–Crippen MR) is 100 cm³/mol. The van der Waals surface area contributed by atoms with Gasteiger partial charge in [0, 0.05) is 50.1 Å². The number of likely N-dealkylation sites (tertiary alicyclic amines) is 1. The fourth-order valence-electron chi connectivity index (χ4n) is 2.79. The van der Waals surface area contributed by atoms with Gasteiger partial charge in [0.05, 0.1) is 0 Å². The second kappa shape index (κ2) is 9.34. The Hall–Kier alpha value is -2.64. The monoisotopic (exact) mass is 376 g/mol. The second-order valence-electron chi connectivity index (χ2n) is 7.54. The number of alkyl carbamates (subject to hydrolysis) is 1. The number of hydrogen-bond acceptors (Lipinski definition) is 5. The van der Waals surface area contributed by atoms with E-state index in [1.54, 1.807) is 50.2 Å². The number of amides is 3. The molecule has 0 unspecified atom stereocenters. The highest BCUT2D eigenvalue weighted by atomic mass is 16.6. The smallest absolute Gasteiger partial charge is 0.407 e. The average Bonchev–Trinajstić information content (AvgIpc) is 2.61. The molecule has 0 radical (unpaired) electrons. The molecule has 1 aromatic rings. The minimum Gasteiger partial charge on any atom is -0.444 e. The third-order valence-electron chi connectivity index (χ3n) is 4.13. The largest absolute Gasteiger partial charge is 0.444 e.